The minimum Gasteiger partial charge on any atom is -0.384 e. The number of nitrogens with zero attached hydrogens (tertiary/aromatic N) is 1. The second-order valence-corrected chi connectivity index (χ2v) is 4.43. The van der Waals surface area contributed by atoms with Crippen LogP contribution in [0.4, 0.5) is 5.82 Å². The van der Waals surface area contributed by atoms with Gasteiger partial charge in [0, 0.05) is 5.69 Å². The number of nitrogen functional groups attached to an aromatic ring is 1. The van der Waals surface area contributed by atoms with E-state index in [1.807, 2.05) is 0 Å². The van der Waals surface area contributed by atoms with Crippen molar-refractivity contribution in [3.63, 3.8) is 0 Å². The van der Waals surface area contributed by atoms with Crippen LogP contribution in [-0.2, 0) is 12.8 Å². The summed E-state index contributed by atoms with van der Waals surface area (Å²) in [4.78, 5) is 4.46. The molecule has 0 unspecified atom stereocenters. The Kier molecular flexibility index (Phi) is 2.44. The number of hydrogen-bond donors (Lipinski definition) is 1. The summed E-state index contributed by atoms with van der Waals surface area (Å²) in [6, 6.07) is 2.06. The Morgan fingerprint density at radius 3 is 2.71 bits per heavy atom. The zero-order chi connectivity index (χ0) is 10.1. The molecular weight excluding hydrogens is 172 g/mol. The molecule has 1 aromatic heterocycles. The molecule has 2 rings (SSSR count). The first-order valence-electron chi connectivity index (χ1n) is 5.46. The molecule has 0 fully saturated rings. The molecule has 0 bridgehead atoms. The lowest BCUT2D eigenvalue weighted by molar-refractivity contribution is 0.661. The maximum Gasteiger partial charge on any atom is 0.123 e. The van der Waals surface area contributed by atoms with Crippen LogP contribution in [0.5, 0.6) is 0 Å². The van der Waals surface area contributed by atoms with Gasteiger partial charge >= 0.3 is 0 Å². The monoisotopic (exact) mass is 190 g/mol. The lowest BCUT2D eigenvalue weighted by Gasteiger charge is -2.21. The van der Waals surface area contributed by atoms with Crippen molar-refractivity contribution in [3.05, 3.63) is 22.9 Å². The normalized spacial score (nSPS) is 15.6. The Morgan fingerprint density at radius 1 is 1.29 bits per heavy atom. The van der Waals surface area contributed by atoms with Gasteiger partial charge in [-0.3, -0.25) is 0 Å². The van der Waals surface area contributed by atoms with Gasteiger partial charge in [-0.05, 0) is 48.8 Å². The molecule has 2 N–H and O–H groups in total. The highest BCUT2D eigenvalue weighted by Crippen LogP contribution is 2.28. The number of fused-ring (bicyclic) bond motifs is 1. The first-order chi connectivity index (χ1) is 6.68. The van der Waals surface area contributed by atoms with E-state index in [9.17, 15) is 0 Å². The van der Waals surface area contributed by atoms with Crippen LogP contribution in [0.15, 0.2) is 6.07 Å². The van der Waals surface area contributed by atoms with Gasteiger partial charge in [-0.25, -0.2) is 4.98 Å². The maximum atomic E-state index is 5.81. The second-order valence-electron chi connectivity index (χ2n) is 4.43. The molecule has 0 aromatic carbocycles. The number of nitrogens with two attached hydrogens (primary N) is 1. The Bertz CT molecular complexity index is 342. The fourth-order valence-electron chi connectivity index (χ4n) is 2.28. The van der Waals surface area contributed by atoms with E-state index in [0.29, 0.717) is 11.7 Å². The van der Waals surface area contributed by atoms with Gasteiger partial charge in [-0.1, -0.05) is 13.8 Å². The second kappa shape index (κ2) is 3.60. The molecule has 1 aromatic rings. The molecule has 1 heterocycles. The number of aromatic nitrogens is 1. The summed E-state index contributed by atoms with van der Waals surface area (Å²) in [6.45, 7) is 4.38. The molecule has 1 aliphatic rings. The van der Waals surface area contributed by atoms with E-state index in [1.54, 1.807) is 0 Å². The van der Waals surface area contributed by atoms with E-state index in [0.717, 1.165) is 0 Å². The lowest BCUT2D eigenvalue weighted by atomic mass is 9.88. The molecule has 0 aliphatic heterocycles. The molecule has 1 aliphatic carbocycles. The third kappa shape index (κ3) is 1.61. The number of anilines is 1. The predicted molar refractivity (Wildman–Crippen MR) is 59.4 cm³/mol. The molecule has 0 saturated carbocycles. The fourth-order valence-corrected chi connectivity index (χ4v) is 2.28. The van der Waals surface area contributed by atoms with Gasteiger partial charge in [0.15, 0.2) is 0 Å². The van der Waals surface area contributed by atoms with Crippen LogP contribution < -0.4 is 5.73 Å². The number of rotatable bonds is 1. The lowest BCUT2D eigenvalue weighted by Crippen LogP contribution is -2.11. The van der Waals surface area contributed by atoms with E-state index in [1.165, 1.54) is 42.5 Å². The molecule has 14 heavy (non-hydrogen) atoms. The zero-order valence-electron chi connectivity index (χ0n) is 9.01. The quantitative estimate of drug-likeness (QED) is 0.739. The Labute approximate surface area is 85.5 Å². The van der Waals surface area contributed by atoms with Gasteiger partial charge < -0.3 is 5.73 Å². The van der Waals surface area contributed by atoms with Gasteiger partial charge in [-0.2, -0.15) is 0 Å². The summed E-state index contributed by atoms with van der Waals surface area (Å²) in [6.07, 6.45) is 4.98. The highest BCUT2D eigenvalue weighted by atomic mass is 14.8. The van der Waals surface area contributed by atoms with Crippen molar-refractivity contribution < 1.29 is 0 Å². The SMILES string of the molecule is CC(C)c1nc(N)cc2c1CCCC2. The standard InChI is InChI=1S/C12H18N2/c1-8(2)12-10-6-4-3-5-9(10)7-11(13)14-12/h7-8H,3-6H2,1-2H3,(H2,13,14). The third-order valence-electron chi connectivity index (χ3n) is 2.94. The zero-order valence-corrected chi connectivity index (χ0v) is 9.01. The highest BCUT2D eigenvalue weighted by Gasteiger charge is 2.16. The molecule has 0 saturated heterocycles. The third-order valence-corrected chi connectivity index (χ3v) is 2.94. The topological polar surface area (TPSA) is 38.9 Å². The molecule has 0 amide bonds. The Balaban J connectivity index is 2.52. The molecule has 0 spiro atoms. The van der Waals surface area contributed by atoms with Crippen molar-refractivity contribution in [2.24, 2.45) is 0 Å². The minimum atomic E-state index is 0.491. The van der Waals surface area contributed by atoms with Crippen LogP contribution in [0, 0.1) is 0 Å². The van der Waals surface area contributed by atoms with Crippen LogP contribution in [0.25, 0.3) is 0 Å². The summed E-state index contributed by atoms with van der Waals surface area (Å²) in [5.74, 6) is 1.18. The summed E-state index contributed by atoms with van der Waals surface area (Å²) >= 11 is 0. The highest BCUT2D eigenvalue weighted by molar-refractivity contribution is 5.43. The summed E-state index contributed by atoms with van der Waals surface area (Å²) in [5, 5.41) is 0. The van der Waals surface area contributed by atoms with Gasteiger partial charge in [0.2, 0.25) is 0 Å². The smallest absolute Gasteiger partial charge is 0.123 e. The van der Waals surface area contributed by atoms with Gasteiger partial charge in [0.25, 0.3) is 0 Å². The van der Waals surface area contributed by atoms with Gasteiger partial charge in [-0.15, -0.1) is 0 Å². The van der Waals surface area contributed by atoms with E-state index in [2.05, 4.69) is 24.9 Å². The van der Waals surface area contributed by atoms with Crippen LogP contribution >= 0.6 is 0 Å². The van der Waals surface area contributed by atoms with E-state index >= 15 is 0 Å². The summed E-state index contributed by atoms with van der Waals surface area (Å²) in [5.41, 5.74) is 9.94. The van der Waals surface area contributed by atoms with Crippen LogP contribution in [0.2, 0.25) is 0 Å². The van der Waals surface area contributed by atoms with Crippen molar-refractivity contribution in [2.75, 3.05) is 5.73 Å². The fraction of sp³-hybridized carbons (Fsp3) is 0.583. The molecule has 0 radical (unpaired) electrons. The number of hydrogen-bond acceptors (Lipinski definition) is 2. The summed E-state index contributed by atoms with van der Waals surface area (Å²) in [7, 11) is 0. The van der Waals surface area contributed by atoms with Gasteiger partial charge in [0.05, 0.1) is 0 Å². The summed E-state index contributed by atoms with van der Waals surface area (Å²) < 4.78 is 0. The Hall–Kier alpha value is -1.05. The molecular formula is C12H18N2. The minimum absolute atomic E-state index is 0.491. The number of aryl methyl sites for hydroxylation is 1. The predicted octanol–water partition coefficient (Wildman–Crippen LogP) is 2.67. The number of pyridine rings is 1. The van der Waals surface area contributed by atoms with Crippen LogP contribution in [0.1, 0.15) is 49.4 Å². The molecule has 0 atom stereocenters. The maximum absolute atomic E-state index is 5.81. The van der Waals surface area contributed by atoms with E-state index in [4.69, 9.17) is 5.73 Å². The van der Waals surface area contributed by atoms with E-state index < -0.39 is 0 Å². The molecule has 76 valence electrons. The van der Waals surface area contributed by atoms with Crippen LogP contribution in [0.3, 0.4) is 0 Å². The molecule has 2 heteroatoms. The first-order valence-corrected chi connectivity index (χ1v) is 5.46. The van der Waals surface area contributed by atoms with Crippen LogP contribution in [-0.4, -0.2) is 4.98 Å². The van der Waals surface area contributed by atoms with E-state index in [-0.39, 0.29) is 0 Å². The Morgan fingerprint density at radius 2 is 2.00 bits per heavy atom. The van der Waals surface area contributed by atoms with Gasteiger partial charge in [0.1, 0.15) is 5.82 Å². The van der Waals surface area contributed by atoms with Crippen molar-refractivity contribution in [3.8, 4) is 0 Å². The average molecular weight is 190 g/mol. The molecule has 2 nitrogen and oxygen atoms in total. The van der Waals surface area contributed by atoms with Crippen molar-refractivity contribution in [1.29, 1.82) is 0 Å². The van der Waals surface area contributed by atoms with Crippen molar-refractivity contribution in [1.82, 2.24) is 4.98 Å². The van der Waals surface area contributed by atoms with Crippen molar-refractivity contribution >= 4 is 5.82 Å². The average Bonchev–Trinajstić information content (AvgIpc) is 2.16. The largest absolute Gasteiger partial charge is 0.384 e. The first kappa shape index (κ1) is 9.50. The van der Waals surface area contributed by atoms with Crippen molar-refractivity contribution in [2.45, 2.75) is 45.4 Å².